The van der Waals surface area contributed by atoms with Gasteiger partial charge in [-0.05, 0) is 48.6 Å². The SMILES string of the molecule is O=C(NCCSC1CCCCC1)c1ccc(CN2CCc3ccccc32)cc1. The highest BCUT2D eigenvalue weighted by Gasteiger charge is 2.18. The highest BCUT2D eigenvalue weighted by atomic mass is 32.2. The maximum atomic E-state index is 12.4. The Hall–Kier alpha value is -1.94. The average Bonchev–Trinajstić information content (AvgIpc) is 3.15. The molecule has 0 unspecified atom stereocenters. The van der Waals surface area contributed by atoms with Gasteiger partial charge in [0.2, 0.25) is 0 Å². The molecule has 0 bridgehead atoms. The van der Waals surface area contributed by atoms with Crippen molar-refractivity contribution >= 4 is 23.4 Å². The summed E-state index contributed by atoms with van der Waals surface area (Å²) in [4.78, 5) is 14.8. The van der Waals surface area contributed by atoms with E-state index in [1.54, 1.807) is 0 Å². The third-order valence-corrected chi connectivity index (χ3v) is 7.25. The van der Waals surface area contributed by atoms with Crippen LogP contribution in [0.4, 0.5) is 5.69 Å². The zero-order valence-electron chi connectivity index (χ0n) is 16.5. The van der Waals surface area contributed by atoms with E-state index in [0.717, 1.165) is 42.6 Å². The number of benzene rings is 2. The van der Waals surface area contributed by atoms with Crippen molar-refractivity contribution in [2.75, 3.05) is 23.7 Å². The number of nitrogens with zero attached hydrogens (tertiary/aromatic N) is 1. The van der Waals surface area contributed by atoms with Gasteiger partial charge in [0.25, 0.3) is 5.91 Å². The van der Waals surface area contributed by atoms with Crippen molar-refractivity contribution in [1.29, 1.82) is 0 Å². The van der Waals surface area contributed by atoms with Crippen LogP contribution in [0.1, 0.15) is 53.6 Å². The second-order valence-corrected chi connectivity index (χ2v) is 9.29. The summed E-state index contributed by atoms with van der Waals surface area (Å²) < 4.78 is 0. The second kappa shape index (κ2) is 9.51. The Morgan fingerprint density at radius 3 is 2.64 bits per heavy atom. The molecular formula is C24H30N2OS. The predicted octanol–water partition coefficient (Wildman–Crippen LogP) is 5.05. The van der Waals surface area contributed by atoms with E-state index < -0.39 is 0 Å². The number of carbonyl (C=O) groups is 1. The minimum atomic E-state index is 0.0438. The van der Waals surface area contributed by atoms with Gasteiger partial charge in [0.15, 0.2) is 0 Å². The van der Waals surface area contributed by atoms with E-state index >= 15 is 0 Å². The van der Waals surface area contributed by atoms with E-state index in [-0.39, 0.29) is 5.91 Å². The molecule has 1 aliphatic heterocycles. The summed E-state index contributed by atoms with van der Waals surface area (Å²) in [6, 6.07) is 16.7. The van der Waals surface area contributed by atoms with Crippen LogP contribution < -0.4 is 10.2 Å². The summed E-state index contributed by atoms with van der Waals surface area (Å²) >= 11 is 2.03. The molecule has 2 aromatic rings. The van der Waals surface area contributed by atoms with Gasteiger partial charge in [0, 0.05) is 41.9 Å². The molecule has 0 aromatic heterocycles. The normalized spacial score (nSPS) is 16.8. The molecular weight excluding hydrogens is 364 g/mol. The highest BCUT2D eigenvalue weighted by molar-refractivity contribution is 7.99. The fraction of sp³-hybridized carbons (Fsp3) is 0.458. The van der Waals surface area contributed by atoms with Gasteiger partial charge in [-0.1, -0.05) is 49.6 Å². The molecule has 28 heavy (non-hydrogen) atoms. The third kappa shape index (κ3) is 4.91. The van der Waals surface area contributed by atoms with Crippen molar-refractivity contribution in [1.82, 2.24) is 5.32 Å². The lowest BCUT2D eigenvalue weighted by Crippen LogP contribution is -2.26. The highest BCUT2D eigenvalue weighted by Crippen LogP contribution is 2.29. The molecule has 2 aliphatic rings. The smallest absolute Gasteiger partial charge is 0.251 e. The Kier molecular flexibility index (Phi) is 6.58. The van der Waals surface area contributed by atoms with Gasteiger partial charge in [-0.15, -0.1) is 0 Å². The van der Waals surface area contributed by atoms with Crippen molar-refractivity contribution in [3.05, 3.63) is 65.2 Å². The molecule has 1 saturated carbocycles. The van der Waals surface area contributed by atoms with Crippen LogP contribution in [0, 0.1) is 0 Å². The number of amides is 1. The Morgan fingerprint density at radius 1 is 1.04 bits per heavy atom. The monoisotopic (exact) mass is 394 g/mol. The van der Waals surface area contributed by atoms with Crippen LogP contribution in [0.2, 0.25) is 0 Å². The van der Waals surface area contributed by atoms with Crippen molar-refractivity contribution in [3.8, 4) is 0 Å². The number of nitrogens with one attached hydrogen (secondary N) is 1. The molecule has 1 aliphatic carbocycles. The first kappa shape index (κ1) is 19.4. The molecule has 3 nitrogen and oxygen atoms in total. The number of hydrogen-bond acceptors (Lipinski definition) is 3. The van der Waals surface area contributed by atoms with Gasteiger partial charge in [-0.25, -0.2) is 0 Å². The van der Waals surface area contributed by atoms with Crippen LogP contribution in [-0.4, -0.2) is 30.0 Å². The summed E-state index contributed by atoms with van der Waals surface area (Å²) in [7, 11) is 0. The van der Waals surface area contributed by atoms with Gasteiger partial charge in [-0.3, -0.25) is 4.79 Å². The van der Waals surface area contributed by atoms with Crippen molar-refractivity contribution in [2.24, 2.45) is 0 Å². The van der Waals surface area contributed by atoms with Crippen LogP contribution in [0.5, 0.6) is 0 Å². The minimum Gasteiger partial charge on any atom is -0.367 e. The second-order valence-electron chi connectivity index (χ2n) is 7.88. The molecule has 4 rings (SSSR count). The number of carbonyl (C=O) groups excluding carboxylic acids is 1. The Labute approximate surface area is 172 Å². The molecule has 1 heterocycles. The quantitative estimate of drug-likeness (QED) is 0.667. The third-order valence-electron chi connectivity index (χ3n) is 5.87. The summed E-state index contributed by atoms with van der Waals surface area (Å²) in [5.41, 5.74) is 4.79. The van der Waals surface area contributed by atoms with Crippen LogP contribution >= 0.6 is 11.8 Å². The predicted molar refractivity (Wildman–Crippen MR) is 119 cm³/mol. The molecule has 0 radical (unpaired) electrons. The lowest BCUT2D eigenvalue weighted by atomic mass is 10.0. The van der Waals surface area contributed by atoms with Crippen molar-refractivity contribution in [3.63, 3.8) is 0 Å². The summed E-state index contributed by atoms with van der Waals surface area (Å²) in [6.07, 6.45) is 7.96. The number of fused-ring (bicyclic) bond motifs is 1. The average molecular weight is 395 g/mol. The number of anilines is 1. The van der Waals surface area contributed by atoms with E-state index in [2.05, 4.69) is 46.6 Å². The molecule has 0 spiro atoms. The van der Waals surface area contributed by atoms with Crippen LogP contribution in [0.25, 0.3) is 0 Å². The number of para-hydroxylation sites is 1. The Bertz CT molecular complexity index is 783. The molecule has 148 valence electrons. The molecule has 1 N–H and O–H groups in total. The van der Waals surface area contributed by atoms with Gasteiger partial charge >= 0.3 is 0 Å². The van der Waals surface area contributed by atoms with E-state index in [9.17, 15) is 4.79 Å². The van der Waals surface area contributed by atoms with Gasteiger partial charge in [-0.2, -0.15) is 11.8 Å². The molecule has 1 fully saturated rings. The fourth-order valence-corrected chi connectivity index (χ4v) is 5.50. The maximum Gasteiger partial charge on any atom is 0.251 e. The summed E-state index contributed by atoms with van der Waals surface area (Å²) in [5, 5.41) is 3.88. The zero-order valence-corrected chi connectivity index (χ0v) is 17.3. The molecule has 2 aromatic carbocycles. The zero-order chi connectivity index (χ0) is 19.2. The Morgan fingerprint density at radius 2 is 1.82 bits per heavy atom. The summed E-state index contributed by atoms with van der Waals surface area (Å²) in [5.74, 6) is 1.06. The first-order valence-electron chi connectivity index (χ1n) is 10.6. The van der Waals surface area contributed by atoms with Crippen LogP contribution in [-0.2, 0) is 13.0 Å². The Balaban J connectivity index is 1.23. The molecule has 0 saturated heterocycles. The van der Waals surface area contributed by atoms with Gasteiger partial charge in [0.05, 0.1) is 0 Å². The standard InChI is InChI=1S/C24H30N2OS/c27-24(25-15-17-28-22-7-2-1-3-8-22)21-12-10-19(11-13-21)18-26-16-14-20-6-4-5-9-23(20)26/h4-6,9-13,22H,1-3,7-8,14-18H2,(H,25,27). The fourth-order valence-electron chi connectivity index (χ4n) is 4.28. The first-order valence-corrected chi connectivity index (χ1v) is 11.7. The minimum absolute atomic E-state index is 0.0438. The van der Waals surface area contributed by atoms with Crippen LogP contribution in [0.3, 0.4) is 0 Å². The number of rotatable bonds is 7. The molecule has 0 atom stereocenters. The largest absolute Gasteiger partial charge is 0.367 e. The number of hydrogen-bond donors (Lipinski definition) is 1. The lowest BCUT2D eigenvalue weighted by Gasteiger charge is -2.21. The van der Waals surface area contributed by atoms with E-state index in [1.807, 2.05) is 23.9 Å². The topological polar surface area (TPSA) is 32.3 Å². The number of thioether (sulfide) groups is 1. The molecule has 4 heteroatoms. The molecule has 1 amide bonds. The van der Waals surface area contributed by atoms with Crippen molar-refractivity contribution < 1.29 is 4.79 Å². The lowest BCUT2D eigenvalue weighted by molar-refractivity contribution is 0.0956. The van der Waals surface area contributed by atoms with Gasteiger partial charge in [0.1, 0.15) is 0 Å². The van der Waals surface area contributed by atoms with E-state index in [0.29, 0.717) is 0 Å². The first-order chi connectivity index (χ1) is 13.8. The maximum absolute atomic E-state index is 12.4. The van der Waals surface area contributed by atoms with E-state index in [4.69, 9.17) is 0 Å². The van der Waals surface area contributed by atoms with Gasteiger partial charge < -0.3 is 10.2 Å². The van der Waals surface area contributed by atoms with Crippen molar-refractivity contribution in [2.45, 2.75) is 50.3 Å². The van der Waals surface area contributed by atoms with E-state index in [1.165, 1.54) is 48.9 Å². The summed E-state index contributed by atoms with van der Waals surface area (Å²) in [6.45, 7) is 2.73. The van der Waals surface area contributed by atoms with Crippen LogP contribution in [0.15, 0.2) is 48.5 Å².